The van der Waals surface area contributed by atoms with Crippen LogP contribution < -0.4 is 4.74 Å². The summed E-state index contributed by atoms with van der Waals surface area (Å²) in [6, 6.07) is 6.85. The van der Waals surface area contributed by atoms with Crippen molar-refractivity contribution in [2.45, 2.75) is 64.4 Å². The summed E-state index contributed by atoms with van der Waals surface area (Å²) in [5, 5.41) is 0. The Balaban J connectivity index is 1.67. The molecule has 0 heterocycles. The topological polar surface area (TPSA) is 107 Å². The normalized spacial score (nSPS) is 17.4. The maximum absolute atomic E-state index is 12.6. The fourth-order valence-corrected chi connectivity index (χ4v) is 4.02. The van der Waals surface area contributed by atoms with E-state index in [1.807, 2.05) is 0 Å². The molecule has 0 bridgehead atoms. The molecule has 0 saturated heterocycles. The second kappa shape index (κ2) is 18.7. The molecular weight excluding hydrogens is 540 g/mol. The summed E-state index contributed by atoms with van der Waals surface area (Å²) in [5.74, 6) is -0.150. The smallest absolute Gasteiger partial charge is 0.338 e. The van der Waals surface area contributed by atoms with Crippen molar-refractivity contribution in [3.05, 3.63) is 78.8 Å². The molecule has 0 spiro atoms. The van der Waals surface area contributed by atoms with Gasteiger partial charge < -0.3 is 23.8 Å². The molecule has 1 aromatic carbocycles. The first-order valence-electron chi connectivity index (χ1n) is 13.3. The molecule has 2 rings (SSSR count). The Bertz CT molecular complexity index is 1040. The molecule has 0 aromatic heterocycles. The van der Waals surface area contributed by atoms with Crippen molar-refractivity contribution in [1.82, 2.24) is 0 Å². The highest BCUT2D eigenvalue weighted by Gasteiger charge is 2.30. The van der Waals surface area contributed by atoms with E-state index in [9.17, 15) is 14.4 Å². The van der Waals surface area contributed by atoms with E-state index in [-0.39, 0.29) is 23.8 Å². The van der Waals surface area contributed by atoms with Gasteiger partial charge in [-0.05, 0) is 101 Å². The molecule has 1 aliphatic carbocycles. The van der Waals surface area contributed by atoms with Crippen molar-refractivity contribution in [3.8, 4) is 5.75 Å². The van der Waals surface area contributed by atoms with Crippen LogP contribution in [0.5, 0.6) is 5.75 Å². The van der Waals surface area contributed by atoms with E-state index in [4.69, 9.17) is 30.8 Å². The van der Waals surface area contributed by atoms with Gasteiger partial charge in [-0.2, -0.15) is 0 Å². The quantitative estimate of drug-likeness (QED) is 0.0293. The molecule has 218 valence electrons. The summed E-state index contributed by atoms with van der Waals surface area (Å²) < 4.78 is 25.8. The molecule has 10 heteroatoms. The fraction of sp³-hybridized carbons (Fsp3) is 0.433. The van der Waals surface area contributed by atoms with Crippen molar-refractivity contribution in [3.63, 3.8) is 0 Å². The number of esters is 3. The van der Waals surface area contributed by atoms with Crippen LogP contribution in [0.15, 0.2) is 73.2 Å². The average Bonchev–Trinajstić information content (AvgIpc) is 2.97. The predicted molar refractivity (Wildman–Crippen MR) is 149 cm³/mol. The maximum atomic E-state index is 12.6. The zero-order valence-corrected chi connectivity index (χ0v) is 23.6. The number of carbonyl (C=O) groups is 3. The highest BCUT2D eigenvalue weighted by Crippen LogP contribution is 2.29. The van der Waals surface area contributed by atoms with E-state index in [1.54, 1.807) is 31.2 Å². The number of allylic oxidation sites excluding steroid dienone is 4. The van der Waals surface area contributed by atoms with Crippen LogP contribution in [0.1, 0.15) is 68.6 Å². The van der Waals surface area contributed by atoms with E-state index >= 15 is 0 Å². The summed E-state index contributed by atoms with van der Waals surface area (Å²) in [7, 11) is 0. The number of halogens is 1. The van der Waals surface area contributed by atoms with E-state index < -0.39 is 11.9 Å². The third-order valence-electron chi connectivity index (χ3n) is 6.15. The van der Waals surface area contributed by atoms with Gasteiger partial charge in [-0.1, -0.05) is 17.6 Å². The lowest BCUT2D eigenvalue weighted by Gasteiger charge is -2.27. The summed E-state index contributed by atoms with van der Waals surface area (Å²) in [4.78, 5) is 40.8. The van der Waals surface area contributed by atoms with Gasteiger partial charge in [-0.15, -0.1) is 0 Å². The highest BCUT2D eigenvalue weighted by atomic mass is 35.5. The lowest BCUT2D eigenvalue weighted by Crippen LogP contribution is -2.28. The zero-order chi connectivity index (χ0) is 29.2. The van der Waals surface area contributed by atoms with Crippen LogP contribution in [-0.4, -0.2) is 37.2 Å². The van der Waals surface area contributed by atoms with E-state index in [0.29, 0.717) is 56.0 Å². The zero-order valence-electron chi connectivity index (χ0n) is 22.8. The van der Waals surface area contributed by atoms with Crippen LogP contribution in [0.3, 0.4) is 0 Å². The Morgan fingerprint density at radius 1 is 0.925 bits per heavy atom. The summed E-state index contributed by atoms with van der Waals surface area (Å²) >= 11 is 5.02. The molecule has 0 atom stereocenters. The summed E-state index contributed by atoms with van der Waals surface area (Å²) in [6.45, 7) is 9.57. The number of benzene rings is 1. The number of hydrogen-bond acceptors (Lipinski definition) is 9. The minimum absolute atomic E-state index is 0.263. The molecule has 1 aliphatic rings. The second-order valence-corrected chi connectivity index (χ2v) is 9.28. The van der Waals surface area contributed by atoms with E-state index in [2.05, 4.69) is 22.5 Å². The lowest BCUT2D eigenvalue weighted by molar-refractivity contribution is -0.159. The first-order valence-corrected chi connectivity index (χ1v) is 13.6. The molecule has 1 aromatic rings. The molecule has 9 nitrogen and oxygen atoms in total. The Morgan fingerprint density at radius 2 is 1.60 bits per heavy atom. The molecule has 0 amide bonds. The van der Waals surface area contributed by atoms with Gasteiger partial charge in [0.25, 0.3) is 0 Å². The maximum Gasteiger partial charge on any atom is 0.338 e. The van der Waals surface area contributed by atoms with Crippen LogP contribution >= 0.6 is 11.9 Å². The van der Waals surface area contributed by atoms with Gasteiger partial charge in [-0.25, -0.2) is 9.59 Å². The van der Waals surface area contributed by atoms with Gasteiger partial charge >= 0.3 is 17.9 Å². The van der Waals surface area contributed by atoms with Crippen LogP contribution in [-0.2, 0) is 33.1 Å². The van der Waals surface area contributed by atoms with Gasteiger partial charge in [-0.3, -0.25) is 4.79 Å². The van der Waals surface area contributed by atoms with Crippen LogP contribution in [0.25, 0.3) is 0 Å². The Morgan fingerprint density at radius 3 is 2.23 bits per heavy atom. The first-order chi connectivity index (χ1) is 19.4. The molecule has 0 unspecified atom stereocenters. The standard InChI is InChI=1S/C30H37ClO9/c1-4-25(15-10-22(3)39-40-31)37-29(33)24-13-18-27(19-14-24)38-30(34)23-11-16-26(17-12-23)35-20-8-6-7-9-21-36-28(32)5-2/h4-5,10-12,15-17,24,27H,1-2,6-9,13-14,18-21H2,3H3/b22-10+,25-15-/t24-,27-. The van der Waals surface area contributed by atoms with Crippen LogP contribution in [0.2, 0.25) is 0 Å². The fourth-order valence-electron chi connectivity index (χ4n) is 3.92. The Hall–Kier alpha value is -3.56. The molecular formula is C30H37ClO9. The number of rotatable bonds is 17. The number of carbonyl (C=O) groups excluding carboxylic acids is 3. The summed E-state index contributed by atoms with van der Waals surface area (Å²) in [5.41, 5.74) is 0.440. The third-order valence-corrected chi connectivity index (χ3v) is 6.22. The Kier molecular flexibility index (Phi) is 15.2. The van der Waals surface area contributed by atoms with Gasteiger partial charge in [0.15, 0.2) is 0 Å². The molecule has 0 radical (unpaired) electrons. The number of ether oxygens (including phenoxy) is 4. The average molecular weight is 577 g/mol. The van der Waals surface area contributed by atoms with Gasteiger partial charge in [0, 0.05) is 6.08 Å². The molecule has 0 N–H and O–H groups in total. The van der Waals surface area contributed by atoms with Crippen molar-refractivity contribution in [2.24, 2.45) is 5.92 Å². The molecule has 1 saturated carbocycles. The third kappa shape index (κ3) is 12.5. The molecule has 40 heavy (non-hydrogen) atoms. The summed E-state index contributed by atoms with van der Waals surface area (Å²) in [6.07, 6.45) is 11.2. The molecule has 0 aliphatic heterocycles. The number of unbranched alkanes of at least 4 members (excludes halogenated alkanes) is 3. The first kappa shape index (κ1) is 32.7. The van der Waals surface area contributed by atoms with E-state index in [1.165, 1.54) is 18.2 Å². The Labute approximate surface area is 240 Å². The molecule has 1 fully saturated rings. The highest BCUT2D eigenvalue weighted by molar-refractivity contribution is 6.06. The van der Waals surface area contributed by atoms with Gasteiger partial charge in [0.05, 0.1) is 24.7 Å². The van der Waals surface area contributed by atoms with Crippen LogP contribution in [0.4, 0.5) is 0 Å². The minimum atomic E-state index is -0.406. The van der Waals surface area contributed by atoms with Crippen LogP contribution in [0, 0.1) is 5.92 Å². The SMILES string of the molecule is C=CC(=O)OCCCCCCOc1ccc(C(=O)O[C@H]2CC[C@H](C(=O)O/C(C=C)=C\C=C(/C)OOCl)CC2)cc1. The predicted octanol–water partition coefficient (Wildman–Crippen LogP) is 6.69. The van der Waals surface area contributed by atoms with Crippen molar-refractivity contribution in [1.29, 1.82) is 0 Å². The minimum Gasteiger partial charge on any atom is -0.494 e. The lowest BCUT2D eigenvalue weighted by atomic mass is 9.87. The van der Waals surface area contributed by atoms with Crippen molar-refractivity contribution in [2.75, 3.05) is 13.2 Å². The second-order valence-electron chi connectivity index (χ2n) is 9.16. The van der Waals surface area contributed by atoms with Gasteiger partial charge in [0.2, 0.25) is 0 Å². The number of hydrogen-bond donors (Lipinski definition) is 0. The van der Waals surface area contributed by atoms with E-state index in [0.717, 1.165) is 31.8 Å². The largest absolute Gasteiger partial charge is 0.494 e. The van der Waals surface area contributed by atoms with Crippen molar-refractivity contribution >= 4 is 29.8 Å². The van der Waals surface area contributed by atoms with Crippen molar-refractivity contribution < 1.29 is 42.7 Å². The monoisotopic (exact) mass is 576 g/mol. The van der Waals surface area contributed by atoms with Gasteiger partial charge in [0.1, 0.15) is 35.2 Å².